The zero-order chi connectivity index (χ0) is 21.8. The molecule has 7 nitrogen and oxygen atoms in total. The molecular weight excluding hydrogens is 390 g/mol. The molecule has 1 saturated heterocycles. The topological polar surface area (TPSA) is 72.8 Å². The van der Waals surface area contributed by atoms with E-state index in [1.807, 2.05) is 24.5 Å². The van der Waals surface area contributed by atoms with Gasteiger partial charge in [-0.3, -0.25) is 0 Å². The van der Waals surface area contributed by atoms with E-state index < -0.39 is 5.97 Å². The molecule has 0 amide bonds. The number of hydrogen-bond donors (Lipinski definition) is 1. The van der Waals surface area contributed by atoms with Crippen molar-refractivity contribution in [1.29, 1.82) is 0 Å². The average molecular weight is 418 g/mol. The van der Waals surface area contributed by atoms with Gasteiger partial charge >= 0.3 is 5.97 Å². The van der Waals surface area contributed by atoms with Crippen LogP contribution < -0.4 is 9.80 Å². The molecule has 2 aromatic carbocycles. The Morgan fingerprint density at radius 2 is 1.58 bits per heavy atom. The summed E-state index contributed by atoms with van der Waals surface area (Å²) in [7, 11) is 4.13. The monoisotopic (exact) mass is 417 g/mol. The van der Waals surface area contributed by atoms with Gasteiger partial charge in [0.2, 0.25) is 5.95 Å². The summed E-state index contributed by atoms with van der Waals surface area (Å²) in [5.41, 5.74) is 4.75. The summed E-state index contributed by atoms with van der Waals surface area (Å²) in [5, 5.41) is 9.05. The number of nitrogens with zero attached hydrogens (tertiary/aromatic N) is 5. The first-order valence-corrected chi connectivity index (χ1v) is 10.4. The number of carboxylic acids is 1. The highest BCUT2D eigenvalue weighted by Crippen LogP contribution is 2.22. The van der Waals surface area contributed by atoms with E-state index in [9.17, 15) is 4.79 Å². The quantitative estimate of drug-likeness (QED) is 0.660. The first-order valence-electron chi connectivity index (χ1n) is 10.4. The molecule has 1 N–H and O–H groups in total. The fourth-order valence-electron chi connectivity index (χ4n) is 3.83. The number of piperazine rings is 1. The Morgan fingerprint density at radius 3 is 2.19 bits per heavy atom. The zero-order valence-electron chi connectivity index (χ0n) is 17.9. The lowest BCUT2D eigenvalue weighted by molar-refractivity contribution is 0.0697. The normalized spacial score (nSPS) is 14.2. The lowest BCUT2D eigenvalue weighted by Crippen LogP contribution is -2.47. The van der Waals surface area contributed by atoms with Gasteiger partial charge in [0, 0.05) is 56.4 Å². The number of aromatic carboxylic acids is 1. The van der Waals surface area contributed by atoms with Crippen LogP contribution in [0.5, 0.6) is 0 Å². The Balaban J connectivity index is 1.39. The summed E-state index contributed by atoms with van der Waals surface area (Å²) in [6.45, 7) is 4.21. The van der Waals surface area contributed by atoms with Crippen LogP contribution in [0.15, 0.2) is 60.9 Å². The van der Waals surface area contributed by atoms with Gasteiger partial charge in [-0.05, 0) is 55.6 Å². The molecule has 0 aliphatic carbocycles. The van der Waals surface area contributed by atoms with Crippen LogP contribution in [0, 0.1) is 0 Å². The van der Waals surface area contributed by atoms with Crippen LogP contribution in [-0.2, 0) is 6.54 Å². The van der Waals surface area contributed by atoms with Gasteiger partial charge in [-0.25, -0.2) is 14.8 Å². The van der Waals surface area contributed by atoms with Crippen LogP contribution in [0.4, 0.5) is 11.6 Å². The number of anilines is 2. The molecule has 4 rings (SSSR count). The van der Waals surface area contributed by atoms with Crippen molar-refractivity contribution in [3.8, 4) is 11.1 Å². The van der Waals surface area contributed by atoms with Crippen molar-refractivity contribution >= 4 is 17.6 Å². The predicted molar refractivity (Wildman–Crippen MR) is 123 cm³/mol. The molecule has 1 aliphatic heterocycles. The fourth-order valence-corrected chi connectivity index (χ4v) is 3.83. The Hall–Kier alpha value is -3.45. The van der Waals surface area contributed by atoms with E-state index >= 15 is 0 Å². The molecule has 1 aromatic heterocycles. The summed E-state index contributed by atoms with van der Waals surface area (Å²) in [5.74, 6) is -0.157. The van der Waals surface area contributed by atoms with Crippen molar-refractivity contribution < 1.29 is 9.90 Å². The van der Waals surface area contributed by atoms with Crippen molar-refractivity contribution in [1.82, 2.24) is 14.9 Å². The van der Waals surface area contributed by atoms with Crippen molar-refractivity contribution in [2.75, 3.05) is 50.1 Å². The highest BCUT2D eigenvalue weighted by Gasteiger charge is 2.19. The average Bonchev–Trinajstić information content (AvgIpc) is 2.79. The molecule has 160 valence electrons. The molecule has 0 unspecified atom stereocenters. The van der Waals surface area contributed by atoms with Gasteiger partial charge in [0.25, 0.3) is 0 Å². The van der Waals surface area contributed by atoms with E-state index in [4.69, 9.17) is 5.11 Å². The summed E-state index contributed by atoms with van der Waals surface area (Å²) >= 11 is 0. The molecule has 0 radical (unpaired) electrons. The van der Waals surface area contributed by atoms with E-state index in [1.54, 1.807) is 12.1 Å². The summed E-state index contributed by atoms with van der Waals surface area (Å²) in [6.07, 6.45) is 3.79. The van der Waals surface area contributed by atoms with Gasteiger partial charge in [-0.1, -0.05) is 18.2 Å². The van der Waals surface area contributed by atoms with Crippen LogP contribution in [0.3, 0.4) is 0 Å². The van der Waals surface area contributed by atoms with Crippen LogP contribution in [-0.4, -0.2) is 66.2 Å². The van der Waals surface area contributed by atoms with Crippen molar-refractivity contribution in [2.24, 2.45) is 0 Å². The SMILES string of the molecule is CN(C)Cc1cccc(-c2cnc(N3CCN(c4ccc(C(=O)O)cc4)CC3)nc2)c1. The molecule has 7 heteroatoms. The van der Waals surface area contributed by atoms with Crippen LogP contribution in [0.1, 0.15) is 15.9 Å². The fraction of sp³-hybridized carbons (Fsp3) is 0.292. The third kappa shape index (κ3) is 5.00. The van der Waals surface area contributed by atoms with Crippen molar-refractivity contribution in [2.45, 2.75) is 6.54 Å². The summed E-state index contributed by atoms with van der Waals surface area (Å²) in [6, 6.07) is 15.5. The minimum Gasteiger partial charge on any atom is -0.478 e. The first kappa shape index (κ1) is 20.8. The van der Waals surface area contributed by atoms with E-state index in [0.717, 1.165) is 55.5 Å². The molecule has 0 saturated carbocycles. The van der Waals surface area contributed by atoms with Crippen molar-refractivity contribution in [3.63, 3.8) is 0 Å². The van der Waals surface area contributed by atoms with E-state index in [0.29, 0.717) is 5.56 Å². The largest absolute Gasteiger partial charge is 0.478 e. The Morgan fingerprint density at radius 1 is 0.935 bits per heavy atom. The van der Waals surface area contributed by atoms with Crippen LogP contribution in [0.2, 0.25) is 0 Å². The predicted octanol–water partition coefficient (Wildman–Crippen LogP) is 3.23. The Kier molecular flexibility index (Phi) is 6.13. The smallest absolute Gasteiger partial charge is 0.335 e. The lowest BCUT2D eigenvalue weighted by Gasteiger charge is -2.36. The van der Waals surface area contributed by atoms with E-state index in [1.165, 1.54) is 5.56 Å². The maximum Gasteiger partial charge on any atom is 0.335 e. The molecule has 3 aromatic rings. The Labute approximate surface area is 182 Å². The molecule has 31 heavy (non-hydrogen) atoms. The highest BCUT2D eigenvalue weighted by molar-refractivity contribution is 5.88. The molecule has 0 spiro atoms. The summed E-state index contributed by atoms with van der Waals surface area (Å²) < 4.78 is 0. The molecule has 0 atom stereocenters. The first-order chi connectivity index (χ1) is 15.0. The Bertz CT molecular complexity index is 1030. The summed E-state index contributed by atoms with van der Waals surface area (Å²) in [4.78, 5) is 26.9. The molecular formula is C24H27N5O2. The highest BCUT2D eigenvalue weighted by atomic mass is 16.4. The second-order valence-electron chi connectivity index (χ2n) is 8.04. The standard InChI is InChI=1S/C24H27N5O2/c1-27(2)17-18-4-3-5-20(14-18)21-15-25-24(26-16-21)29-12-10-28(11-13-29)22-8-6-19(7-9-22)23(30)31/h3-9,14-16H,10-13,17H2,1-2H3,(H,30,31). The maximum absolute atomic E-state index is 11.0. The second kappa shape index (κ2) is 9.14. The zero-order valence-corrected chi connectivity index (χ0v) is 17.9. The molecule has 0 bridgehead atoms. The van der Waals surface area contributed by atoms with Gasteiger partial charge in [0.05, 0.1) is 5.56 Å². The number of carboxylic acid groups (broad SMARTS) is 1. The number of aromatic nitrogens is 2. The van der Waals surface area contributed by atoms with E-state index in [2.05, 4.69) is 63.0 Å². The van der Waals surface area contributed by atoms with Crippen LogP contribution >= 0.6 is 0 Å². The number of rotatable bonds is 6. The maximum atomic E-state index is 11.0. The number of carbonyl (C=O) groups is 1. The van der Waals surface area contributed by atoms with Gasteiger partial charge in [0.15, 0.2) is 0 Å². The van der Waals surface area contributed by atoms with Crippen molar-refractivity contribution in [3.05, 3.63) is 72.1 Å². The number of hydrogen-bond acceptors (Lipinski definition) is 6. The van der Waals surface area contributed by atoms with Gasteiger partial charge < -0.3 is 19.8 Å². The van der Waals surface area contributed by atoms with E-state index in [-0.39, 0.29) is 0 Å². The van der Waals surface area contributed by atoms with Crippen LogP contribution in [0.25, 0.3) is 11.1 Å². The molecule has 2 heterocycles. The third-order valence-electron chi connectivity index (χ3n) is 5.44. The second-order valence-corrected chi connectivity index (χ2v) is 8.04. The third-order valence-corrected chi connectivity index (χ3v) is 5.44. The van der Waals surface area contributed by atoms with Gasteiger partial charge in [-0.15, -0.1) is 0 Å². The van der Waals surface area contributed by atoms with Gasteiger partial charge in [-0.2, -0.15) is 0 Å². The number of benzene rings is 2. The minimum atomic E-state index is -0.901. The molecule has 1 aliphatic rings. The molecule has 1 fully saturated rings. The lowest BCUT2D eigenvalue weighted by atomic mass is 10.1. The minimum absolute atomic E-state index is 0.308. The van der Waals surface area contributed by atoms with Gasteiger partial charge in [0.1, 0.15) is 0 Å².